The van der Waals surface area contributed by atoms with Crippen LogP contribution in [0.1, 0.15) is 166 Å². The van der Waals surface area contributed by atoms with Crippen molar-refractivity contribution in [1.29, 1.82) is 0 Å². The van der Waals surface area contributed by atoms with E-state index in [1.165, 1.54) is 75.3 Å². The number of hydrogen-bond acceptors (Lipinski definition) is 0. The minimum absolute atomic E-state index is 0.220. The fraction of sp³-hybridized carbons (Fsp3) is 0.750. The third-order valence-electron chi connectivity index (χ3n) is 16.8. The Hall–Kier alpha value is -1.34. The van der Waals surface area contributed by atoms with Gasteiger partial charge in [0, 0.05) is 0 Å². The van der Waals surface area contributed by atoms with Gasteiger partial charge in [-0.05, 0) is 155 Å². The van der Waals surface area contributed by atoms with Crippen LogP contribution in [0.2, 0.25) is 24.2 Å². The van der Waals surface area contributed by atoms with Gasteiger partial charge in [0.05, 0.1) is 8.07 Å². The summed E-state index contributed by atoms with van der Waals surface area (Å²) in [6, 6.07) is 20.6. The van der Waals surface area contributed by atoms with Crippen LogP contribution in [0.15, 0.2) is 48.5 Å². The van der Waals surface area contributed by atoms with Gasteiger partial charge in [0.2, 0.25) is 0 Å². The summed E-state index contributed by atoms with van der Waals surface area (Å²) in [6.45, 7) is 20.3. The van der Waals surface area contributed by atoms with Gasteiger partial charge in [0.15, 0.2) is 0 Å². The maximum Gasteiger partial charge on any atom is 0.0553 e. The van der Waals surface area contributed by atoms with Crippen LogP contribution in [0.3, 0.4) is 0 Å². The summed E-state index contributed by atoms with van der Waals surface area (Å²) >= 11 is 0. The maximum absolute atomic E-state index is 2.99. The van der Waals surface area contributed by atoms with E-state index in [2.05, 4.69) is 103 Å². The second-order valence-corrected chi connectivity index (χ2v) is 26.5. The fourth-order valence-electron chi connectivity index (χ4n) is 14.8. The summed E-state index contributed by atoms with van der Waals surface area (Å²) in [5.41, 5.74) is 8.76. The SMILES string of the molecule is CC(C)(C)c1ccc(C2CC3C4CCCCC4CCC3C2[Si](C)(C)C2C(c3ccc(C(C)(C)C)cc3)CC3C4CCCCC4CCC32)cc1. The van der Waals surface area contributed by atoms with Crippen LogP contribution in [0.25, 0.3) is 0 Å². The van der Waals surface area contributed by atoms with Crippen LogP contribution in [-0.4, -0.2) is 8.07 Å². The molecule has 0 saturated heterocycles. The van der Waals surface area contributed by atoms with Gasteiger partial charge in [0.1, 0.15) is 0 Å². The molecule has 6 fully saturated rings. The highest BCUT2D eigenvalue weighted by Gasteiger charge is 2.62. The third-order valence-corrected chi connectivity index (χ3v) is 21.9. The van der Waals surface area contributed by atoms with Gasteiger partial charge in [-0.3, -0.25) is 0 Å². The molecule has 0 radical (unpaired) electrons. The lowest BCUT2D eigenvalue weighted by Gasteiger charge is -2.52. The third kappa shape index (κ3) is 6.18. The molecule has 0 nitrogen and oxygen atoms in total. The molecule has 0 bridgehead atoms. The van der Waals surface area contributed by atoms with Gasteiger partial charge >= 0.3 is 0 Å². The average molecular weight is 677 g/mol. The van der Waals surface area contributed by atoms with Crippen LogP contribution < -0.4 is 0 Å². The molecule has 268 valence electrons. The van der Waals surface area contributed by atoms with Crippen LogP contribution in [0.5, 0.6) is 0 Å². The van der Waals surface area contributed by atoms with E-state index in [1.807, 2.05) is 0 Å². The Balaban J connectivity index is 1.21. The van der Waals surface area contributed by atoms with Crippen molar-refractivity contribution in [2.24, 2.45) is 47.3 Å². The summed E-state index contributed by atoms with van der Waals surface area (Å²) in [5.74, 6) is 9.59. The Kier molecular flexibility index (Phi) is 9.18. The Bertz CT molecular complexity index is 1320. The first-order valence-corrected chi connectivity index (χ1v) is 24.7. The normalized spacial score (nSPS) is 39.5. The first-order valence-electron chi connectivity index (χ1n) is 21.5. The van der Waals surface area contributed by atoms with E-state index >= 15 is 0 Å². The fourth-order valence-corrected chi connectivity index (χ4v) is 21.0. The highest BCUT2D eigenvalue weighted by molar-refractivity contribution is 6.80. The zero-order valence-corrected chi connectivity index (χ0v) is 33.9. The molecule has 2 aromatic rings. The molecule has 6 aliphatic rings. The molecule has 0 heterocycles. The van der Waals surface area contributed by atoms with E-state index in [9.17, 15) is 0 Å². The lowest BCUT2D eigenvalue weighted by Crippen LogP contribution is -2.48. The van der Waals surface area contributed by atoms with Gasteiger partial charge in [-0.25, -0.2) is 0 Å². The Morgan fingerprint density at radius 1 is 0.429 bits per heavy atom. The Morgan fingerprint density at radius 2 is 0.796 bits per heavy atom. The van der Waals surface area contributed by atoms with Crippen LogP contribution in [0, 0.1) is 47.3 Å². The molecule has 12 atom stereocenters. The van der Waals surface area contributed by atoms with E-state index < -0.39 is 8.07 Å². The number of hydrogen-bond donors (Lipinski definition) is 0. The van der Waals surface area contributed by atoms with Crippen molar-refractivity contribution in [1.82, 2.24) is 0 Å². The van der Waals surface area contributed by atoms with Gasteiger partial charge in [-0.1, -0.05) is 142 Å². The molecule has 0 aromatic heterocycles. The molecule has 49 heavy (non-hydrogen) atoms. The topological polar surface area (TPSA) is 0 Å². The van der Waals surface area contributed by atoms with Gasteiger partial charge in [0.25, 0.3) is 0 Å². The lowest BCUT2D eigenvalue weighted by molar-refractivity contribution is 0.0688. The zero-order valence-electron chi connectivity index (χ0n) is 32.9. The van der Waals surface area contributed by atoms with Crippen LogP contribution in [-0.2, 0) is 10.8 Å². The van der Waals surface area contributed by atoms with E-state index in [1.54, 1.807) is 36.8 Å². The molecule has 6 aliphatic carbocycles. The molecular weight excluding hydrogens is 605 g/mol. The molecule has 0 spiro atoms. The standard InChI is InChI=1S/C48H72Si/c1-47(2,3)35-23-17-33(18-24-35)41-29-43-37-15-11-9-13-31(37)21-27-39(43)45(41)49(7,8)46-40-28-22-32-14-10-12-16-38(32)44(40)30-42(46)34-19-25-36(26-20-34)48(4,5)6/h17-20,23-26,31-32,37-46H,9-16,21-22,27-30H2,1-8H3. The number of rotatable bonds is 4. The summed E-state index contributed by atoms with van der Waals surface area (Å²) < 4.78 is 0. The lowest BCUT2D eigenvalue weighted by atomic mass is 9.62. The predicted octanol–water partition coefficient (Wildman–Crippen LogP) is 14.1. The van der Waals surface area contributed by atoms with Crippen molar-refractivity contribution >= 4 is 8.07 Å². The molecule has 12 unspecified atom stereocenters. The molecule has 0 aliphatic heterocycles. The highest BCUT2D eigenvalue weighted by atomic mass is 28.3. The Labute approximate surface area is 303 Å². The second kappa shape index (κ2) is 13.0. The van der Waals surface area contributed by atoms with E-state index in [-0.39, 0.29) is 10.8 Å². The maximum atomic E-state index is 2.99. The molecular formula is C48H72Si. The average Bonchev–Trinajstić information content (AvgIpc) is 3.69. The van der Waals surface area contributed by atoms with Gasteiger partial charge in [-0.2, -0.15) is 0 Å². The predicted molar refractivity (Wildman–Crippen MR) is 213 cm³/mol. The quantitative estimate of drug-likeness (QED) is 0.283. The van der Waals surface area contributed by atoms with Crippen LogP contribution in [0.4, 0.5) is 0 Å². The largest absolute Gasteiger partial charge is 0.0689 e. The Morgan fingerprint density at radius 3 is 1.16 bits per heavy atom. The minimum Gasteiger partial charge on any atom is -0.0689 e. The molecule has 1 heteroatoms. The van der Waals surface area contributed by atoms with Crippen molar-refractivity contribution in [3.8, 4) is 0 Å². The number of benzene rings is 2. The van der Waals surface area contributed by atoms with E-state index in [0.717, 1.165) is 70.3 Å². The molecule has 0 N–H and O–H groups in total. The van der Waals surface area contributed by atoms with E-state index in [4.69, 9.17) is 0 Å². The van der Waals surface area contributed by atoms with Crippen molar-refractivity contribution in [2.45, 2.75) is 178 Å². The first-order chi connectivity index (χ1) is 23.3. The zero-order chi connectivity index (χ0) is 34.3. The molecule has 6 saturated carbocycles. The summed E-state index contributed by atoms with van der Waals surface area (Å²) in [6.07, 6.45) is 21.3. The monoisotopic (exact) mass is 677 g/mol. The summed E-state index contributed by atoms with van der Waals surface area (Å²) in [7, 11) is -1.76. The van der Waals surface area contributed by atoms with Crippen molar-refractivity contribution < 1.29 is 0 Å². The van der Waals surface area contributed by atoms with Crippen LogP contribution >= 0.6 is 0 Å². The molecule has 8 rings (SSSR count). The van der Waals surface area contributed by atoms with Gasteiger partial charge in [-0.15, -0.1) is 0 Å². The van der Waals surface area contributed by atoms with Crippen molar-refractivity contribution in [3.05, 3.63) is 70.8 Å². The highest BCUT2D eigenvalue weighted by Crippen LogP contribution is 2.71. The molecule has 2 aromatic carbocycles. The second-order valence-electron chi connectivity index (χ2n) is 21.5. The first kappa shape index (κ1) is 34.7. The molecule has 0 amide bonds. The smallest absolute Gasteiger partial charge is 0.0553 e. The summed E-state index contributed by atoms with van der Waals surface area (Å²) in [4.78, 5) is 0. The van der Waals surface area contributed by atoms with Crippen molar-refractivity contribution in [2.75, 3.05) is 0 Å². The van der Waals surface area contributed by atoms with Crippen molar-refractivity contribution in [3.63, 3.8) is 0 Å². The number of fused-ring (bicyclic) bond motifs is 6. The minimum atomic E-state index is -1.76. The summed E-state index contributed by atoms with van der Waals surface area (Å²) in [5, 5.41) is 0. The van der Waals surface area contributed by atoms with Gasteiger partial charge < -0.3 is 0 Å². The van der Waals surface area contributed by atoms with E-state index in [0.29, 0.717) is 0 Å².